The van der Waals surface area contributed by atoms with E-state index in [1.54, 1.807) is 0 Å². The first-order chi connectivity index (χ1) is 10.7. The molecule has 3 N–H and O–H groups in total. The van der Waals surface area contributed by atoms with Crippen LogP contribution in [-0.2, 0) is 23.9 Å². The third-order valence-electron chi connectivity index (χ3n) is 2.51. The molecular formula is C12H19N2NaO9. The van der Waals surface area contributed by atoms with Crippen LogP contribution in [0.1, 0.15) is 0 Å². The molecule has 0 heterocycles. The van der Waals surface area contributed by atoms with E-state index in [-0.39, 0.29) is 55.9 Å². The number of esters is 1. The average Bonchev–Trinajstić information content (AvgIpc) is 2.40. The van der Waals surface area contributed by atoms with E-state index in [1.165, 1.54) is 0 Å². The van der Waals surface area contributed by atoms with Crippen molar-refractivity contribution in [2.24, 2.45) is 0 Å². The summed E-state index contributed by atoms with van der Waals surface area (Å²) < 4.78 is 4.59. The fourth-order valence-corrected chi connectivity index (χ4v) is 1.66. The molecular weight excluding hydrogens is 339 g/mol. The van der Waals surface area contributed by atoms with Crippen LogP contribution in [0.25, 0.3) is 0 Å². The van der Waals surface area contributed by atoms with Crippen molar-refractivity contribution in [3.8, 4) is 0 Å². The Labute approximate surface area is 160 Å². The largest absolute Gasteiger partial charge is 1.00 e. The van der Waals surface area contributed by atoms with Gasteiger partial charge in [-0.1, -0.05) is 0 Å². The van der Waals surface area contributed by atoms with Crippen LogP contribution in [0.2, 0.25) is 0 Å². The van der Waals surface area contributed by atoms with Crippen LogP contribution < -0.4 is 34.7 Å². The first kappa shape index (κ1) is 25.0. The number of aliphatic hydroxyl groups is 1. The van der Waals surface area contributed by atoms with Crippen LogP contribution in [0.3, 0.4) is 0 Å². The summed E-state index contributed by atoms with van der Waals surface area (Å²) in [4.78, 5) is 45.6. The Bertz CT molecular complexity index is 417. The maximum Gasteiger partial charge on any atom is 1.00 e. The number of nitrogens with zero attached hydrogens (tertiary/aromatic N) is 2. The van der Waals surface area contributed by atoms with Crippen LogP contribution in [0.4, 0.5) is 0 Å². The van der Waals surface area contributed by atoms with Gasteiger partial charge in [-0.05, 0) is 0 Å². The van der Waals surface area contributed by atoms with Crippen molar-refractivity contribution in [3.63, 3.8) is 0 Å². The Morgan fingerprint density at radius 1 is 0.875 bits per heavy atom. The molecule has 0 fully saturated rings. The number of hydrogen-bond donors (Lipinski definition) is 3. The van der Waals surface area contributed by atoms with Crippen molar-refractivity contribution < 1.29 is 73.9 Å². The zero-order valence-corrected chi connectivity index (χ0v) is 15.3. The standard InChI is InChI=1S/C12H20N2O9.Na/c15-3-4-23-12(22)8-14(7-11(20)21)2-1-13(5-9(16)17)6-10(18)19;/h15H,1-8H2,(H,16,17)(H,18,19)(H,20,21);/q;+1/p-1. The molecule has 0 saturated heterocycles. The molecule has 0 aromatic rings. The molecule has 0 amide bonds. The van der Waals surface area contributed by atoms with Gasteiger partial charge in [0, 0.05) is 19.6 Å². The van der Waals surface area contributed by atoms with Crippen LogP contribution in [-0.4, -0.2) is 101 Å². The number of aliphatic hydroxyl groups excluding tert-OH is 1. The van der Waals surface area contributed by atoms with Crippen molar-refractivity contribution >= 4 is 23.9 Å². The van der Waals surface area contributed by atoms with Crippen LogP contribution in [0, 0.1) is 0 Å². The fourth-order valence-electron chi connectivity index (χ4n) is 1.66. The van der Waals surface area contributed by atoms with E-state index in [4.69, 9.17) is 15.3 Å². The maximum absolute atomic E-state index is 11.4. The van der Waals surface area contributed by atoms with Gasteiger partial charge in [-0.2, -0.15) is 0 Å². The number of ether oxygens (including phenoxy) is 1. The number of carboxylic acids is 3. The summed E-state index contributed by atoms with van der Waals surface area (Å²) in [5.41, 5.74) is 0. The zero-order valence-electron chi connectivity index (χ0n) is 13.3. The van der Waals surface area contributed by atoms with E-state index >= 15 is 0 Å². The number of hydrogen-bond acceptors (Lipinski definition) is 9. The summed E-state index contributed by atoms with van der Waals surface area (Å²) in [6.45, 7) is -2.88. The minimum Gasteiger partial charge on any atom is -0.549 e. The van der Waals surface area contributed by atoms with Gasteiger partial charge in [-0.25, -0.2) is 0 Å². The fraction of sp³-hybridized carbons (Fsp3) is 0.667. The Kier molecular flexibility index (Phi) is 14.7. The molecule has 0 saturated carbocycles. The molecule has 0 aromatic carbocycles. The molecule has 0 aliphatic heterocycles. The SMILES string of the molecule is O=C([O-])CN(CCN(CC(=O)O)CC(=O)O)CC(=O)OCCO.[Na+]. The van der Waals surface area contributed by atoms with Gasteiger partial charge < -0.3 is 30.0 Å². The third kappa shape index (κ3) is 14.4. The molecule has 0 bridgehead atoms. The normalized spacial score (nSPS) is 10.3. The van der Waals surface area contributed by atoms with Gasteiger partial charge in [0.15, 0.2) is 0 Å². The van der Waals surface area contributed by atoms with Crippen LogP contribution in [0.5, 0.6) is 0 Å². The number of aliphatic carboxylic acids is 3. The van der Waals surface area contributed by atoms with Gasteiger partial charge in [0.25, 0.3) is 0 Å². The number of carbonyl (C=O) groups excluding carboxylic acids is 2. The quantitative estimate of drug-likeness (QED) is 0.211. The molecule has 132 valence electrons. The zero-order chi connectivity index (χ0) is 17.8. The van der Waals surface area contributed by atoms with Gasteiger partial charge >= 0.3 is 47.5 Å². The Morgan fingerprint density at radius 3 is 1.71 bits per heavy atom. The van der Waals surface area contributed by atoms with E-state index < -0.39 is 50.1 Å². The second-order valence-electron chi connectivity index (χ2n) is 4.52. The van der Waals surface area contributed by atoms with Gasteiger partial charge in [-0.3, -0.25) is 24.2 Å². The minimum absolute atomic E-state index is 0. The van der Waals surface area contributed by atoms with Crippen LogP contribution in [0.15, 0.2) is 0 Å². The monoisotopic (exact) mass is 358 g/mol. The van der Waals surface area contributed by atoms with E-state index in [0.29, 0.717) is 0 Å². The Hall–Kier alpha value is -1.24. The van der Waals surface area contributed by atoms with Gasteiger partial charge in [0.1, 0.15) is 6.61 Å². The molecule has 12 heteroatoms. The van der Waals surface area contributed by atoms with Crippen LogP contribution >= 0.6 is 0 Å². The molecule has 0 spiro atoms. The number of carboxylic acid groups (broad SMARTS) is 3. The van der Waals surface area contributed by atoms with E-state index in [1.807, 2.05) is 0 Å². The Morgan fingerprint density at radius 2 is 1.33 bits per heavy atom. The van der Waals surface area contributed by atoms with E-state index in [2.05, 4.69) is 4.74 Å². The average molecular weight is 358 g/mol. The van der Waals surface area contributed by atoms with E-state index in [0.717, 1.165) is 9.80 Å². The molecule has 0 unspecified atom stereocenters. The first-order valence-electron chi connectivity index (χ1n) is 6.59. The summed E-state index contributed by atoms with van der Waals surface area (Å²) in [6.07, 6.45) is 0. The molecule has 0 aliphatic carbocycles. The van der Waals surface area contributed by atoms with Crippen molar-refractivity contribution in [1.82, 2.24) is 9.80 Å². The Balaban J connectivity index is 0. The smallest absolute Gasteiger partial charge is 0.549 e. The number of carbonyl (C=O) groups is 4. The molecule has 0 aliphatic rings. The molecule has 0 aromatic heterocycles. The summed E-state index contributed by atoms with van der Waals surface area (Å²) in [5.74, 6) is -4.70. The van der Waals surface area contributed by atoms with Gasteiger partial charge in [0.2, 0.25) is 0 Å². The summed E-state index contributed by atoms with van der Waals surface area (Å²) in [5, 5.41) is 36.6. The molecule has 24 heavy (non-hydrogen) atoms. The first-order valence-corrected chi connectivity index (χ1v) is 6.59. The van der Waals surface area contributed by atoms with Gasteiger partial charge in [-0.15, -0.1) is 0 Å². The summed E-state index contributed by atoms with van der Waals surface area (Å²) >= 11 is 0. The second-order valence-corrected chi connectivity index (χ2v) is 4.52. The van der Waals surface area contributed by atoms with Crippen molar-refractivity contribution in [1.29, 1.82) is 0 Å². The number of rotatable bonds is 13. The predicted octanol–water partition coefficient (Wildman–Crippen LogP) is -6.95. The van der Waals surface area contributed by atoms with E-state index in [9.17, 15) is 24.3 Å². The predicted molar refractivity (Wildman–Crippen MR) is 71.2 cm³/mol. The van der Waals surface area contributed by atoms with Crippen molar-refractivity contribution in [2.75, 3.05) is 52.5 Å². The summed E-state index contributed by atoms with van der Waals surface area (Å²) in [7, 11) is 0. The summed E-state index contributed by atoms with van der Waals surface area (Å²) in [6, 6.07) is 0. The topological polar surface area (TPSA) is 168 Å². The van der Waals surface area contributed by atoms with Crippen molar-refractivity contribution in [2.45, 2.75) is 0 Å². The molecule has 0 rings (SSSR count). The van der Waals surface area contributed by atoms with Gasteiger partial charge in [0.05, 0.1) is 32.2 Å². The maximum atomic E-state index is 11.4. The minimum atomic E-state index is -1.46. The molecule has 11 nitrogen and oxygen atoms in total. The molecule has 0 radical (unpaired) electrons. The molecule has 0 atom stereocenters. The van der Waals surface area contributed by atoms with Crippen molar-refractivity contribution in [3.05, 3.63) is 0 Å². The third-order valence-corrected chi connectivity index (χ3v) is 2.51. The second kappa shape index (κ2) is 14.1.